The Kier molecular flexibility index (Phi) is 3.36. The van der Waals surface area contributed by atoms with Crippen molar-refractivity contribution in [1.29, 1.82) is 0 Å². The number of hydrogen-bond acceptors (Lipinski definition) is 4. The molecule has 1 aliphatic heterocycles. The van der Waals surface area contributed by atoms with Gasteiger partial charge in [-0.15, -0.1) is 0 Å². The van der Waals surface area contributed by atoms with Crippen LogP contribution in [0.25, 0.3) is 0 Å². The lowest BCUT2D eigenvalue weighted by molar-refractivity contribution is 0.0730. The van der Waals surface area contributed by atoms with E-state index in [1.54, 1.807) is 12.3 Å². The zero-order chi connectivity index (χ0) is 11.4. The van der Waals surface area contributed by atoms with Crippen molar-refractivity contribution in [3.63, 3.8) is 0 Å². The number of hydrogen-bond donors (Lipinski definition) is 2. The van der Waals surface area contributed by atoms with E-state index < -0.39 is 0 Å². The smallest absolute Gasteiger partial charge is 0.272 e. The Morgan fingerprint density at radius 1 is 1.50 bits per heavy atom. The van der Waals surface area contributed by atoms with E-state index in [-0.39, 0.29) is 5.91 Å². The Morgan fingerprint density at radius 3 is 2.94 bits per heavy atom. The average molecular weight is 220 g/mol. The summed E-state index contributed by atoms with van der Waals surface area (Å²) in [6, 6.07) is 3.62. The molecule has 86 valence electrons. The van der Waals surface area contributed by atoms with Crippen LogP contribution >= 0.6 is 0 Å². The summed E-state index contributed by atoms with van der Waals surface area (Å²) in [5, 5.41) is 6.22. The van der Waals surface area contributed by atoms with Gasteiger partial charge in [0.15, 0.2) is 0 Å². The van der Waals surface area contributed by atoms with Crippen molar-refractivity contribution in [2.75, 3.05) is 38.5 Å². The van der Waals surface area contributed by atoms with Crippen molar-refractivity contribution in [2.24, 2.45) is 0 Å². The lowest BCUT2D eigenvalue weighted by Crippen LogP contribution is -2.46. The number of nitrogens with zero attached hydrogens (tertiary/aromatic N) is 2. The van der Waals surface area contributed by atoms with Crippen LogP contribution in [0.5, 0.6) is 0 Å². The minimum absolute atomic E-state index is 0.0126. The highest BCUT2D eigenvalue weighted by Crippen LogP contribution is 2.09. The summed E-state index contributed by atoms with van der Waals surface area (Å²) >= 11 is 0. The molecule has 0 saturated carbocycles. The third-order valence-electron chi connectivity index (χ3n) is 2.67. The van der Waals surface area contributed by atoms with E-state index >= 15 is 0 Å². The molecular formula is C11H16N4O. The Hall–Kier alpha value is -1.62. The van der Waals surface area contributed by atoms with Crippen LogP contribution in [-0.2, 0) is 0 Å². The molecule has 1 aromatic rings. The first-order valence-corrected chi connectivity index (χ1v) is 5.45. The van der Waals surface area contributed by atoms with Gasteiger partial charge in [-0.1, -0.05) is 0 Å². The van der Waals surface area contributed by atoms with Gasteiger partial charge >= 0.3 is 0 Å². The molecule has 1 amide bonds. The summed E-state index contributed by atoms with van der Waals surface area (Å²) in [5.74, 6) is 0.0126. The summed E-state index contributed by atoms with van der Waals surface area (Å²) < 4.78 is 0. The molecule has 5 nitrogen and oxygen atoms in total. The van der Waals surface area contributed by atoms with Crippen molar-refractivity contribution < 1.29 is 4.79 Å². The highest BCUT2D eigenvalue weighted by molar-refractivity contribution is 5.93. The molecule has 0 spiro atoms. The van der Waals surface area contributed by atoms with E-state index in [0.717, 1.165) is 31.9 Å². The van der Waals surface area contributed by atoms with Crippen LogP contribution in [0, 0.1) is 0 Å². The largest absolute Gasteiger partial charge is 0.388 e. The molecule has 0 aliphatic carbocycles. The van der Waals surface area contributed by atoms with Gasteiger partial charge in [-0.25, -0.2) is 0 Å². The molecule has 0 aromatic carbocycles. The van der Waals surface area contributed by atoms with Crippen LogP contribution in [0.15, 0.2) is 18.3 Å². The first-order chi connectivity index (χ1) is 7.81. The standard InChI is InChI=1S/C11H16N4O/c1-12-9-2-3-14-10(8-9)11(16)15-6-4-13-5-7-15/h2-3,8,13H,4-7H2,1H3,(H,12,14). The maximum Gasteiger partial charge on any atom is 0.272 e. The van der Waals surface area contributed by atoms with E-state index in [1.165, 1.54) is 0 Å². The van der Waals surface area contributed by atoms with E-state index in [4.69, 9.17) is 0 Å². The van der Waals surface area contributed by atoms with Gasteiger partial charge in [0.25, 0.3) is 5.91 Å². The number of carbonyl (C=O) groups is 1. The molecule has 0 radical (unpaired) electrons. The molecule has 2 heterocycles. The molecule has 5 heteroatoms. The minimum Gasteiger partial charge on any atom is -0.388 e. The third-order valence-corrected chi connectivity index (χ3v) is 2.67. The number of nitrogens with one attached hydrogen (secondary N) is 2. The molecule has 0 atom stereocenters. The molecule has 1 aliphatic rings. The quantitative estimate of drug-likeness (QED) is 0.746. The van der Waals surface area contributed by atoms with E-state index in [0.29, 0.717) is 5.69 Å². The highest BCUT2D eigenvalue weighted by Gasteiger charge is 2.18. The highest BCUT2D eigenvalue weighted by atomic mass is 16.2. The Bertz CT molecular complexity index is 374. The van der Waals surface area contributed by atoms with Gasteiger partial charge in [0.05, 0.1) is 0 Å². The first-order valence-electron chi connectivity index (χ1n) is 5.45. The van der Waals surface area contributed by atoms with Gasteiger partial charge in [-0.2, -0.15) is 0 Å². The summed E-state index contributed by atoms with van der Waals surface area (Å²) in [6.07, 6.45) is 1.65. The predicted octanol–water partition coefficient (Wildman–Crippen LogP) is 0.169. The molecule has 0 bridgehead atoms. The van der Waals surface area contributed by atoms with Gasteiger partial charge in [0, 0.05) is 45.1 Å². The Morgan fingerprint density at radius 2 is 2.25 bits per heavy atom. The van der Waals surface area contributed by atoms with E-state index in [2.05, 4.69) is 15.6 Å². The van der Waals surface area contributed by atoms with Gasteiger partial charge in [-0.05, 0) is 12.1 Å². The molecule has 16 heavy (non-hydrogen) atoms. The summed E-state index contributed by atoms with van der Waals surface area (Å²) in [7, 11) is 1.83. The third kappa shape index (κ3) is 2.30. The Balaban J connectivity index is 2.12. The molecule has 1 aromatic heterocycles. The number of rotatable bonds is 2. The number of anilines is 1. The second-order valence-corrected chi connectivity index (χ2v) is 3.72. The molecular weight excluding hydrogens is 204 g/mol. The van der Waals surface area contributed by atoms with Crippen molar-refractivity contribution in [3.8, 4) is 0 Å². The zero-order valence-electron chi connectivity index (χ0n) is 9.36. The summed E-state index contributed by atoms with van der Waals surface area (Å²) in [6.45, 7) is 3.23. The lowest BCUT2D eigenvalue weighted by Gasteiger charge is -2.27. The maximum absolute atomic E-state index is 12.1. The molecule has 0 unspecified atom stereocenters. The monoisotopic (exact) mass is 220 g/mol. The van der Waals surface area contributed by atoms with Crippen LogP contribution in [0.4, 0.5) is 5.69 Å². The lowest BCUT2D eigenvalue weighted by atomic mass is 10.2. The molecule has 2 rings (SSSR count). The Labute approximate surface area is 94.9 Å². The van der Waals surface area contributed by atoms with Crippen LogP contribution in [0.1, 0.15) is 10.5 Å². The van der Waals surface area contributed by atoms with Crippen molar-refractivity contribution in [1.82, 2.24) is 15.2 Å². The van der Waals surface area contributed by atoms with E-state index in [1.807, 2.05) is 18.0 Å². The van der Waals surface area contributed by atoms with Crippen molar-refractivity contribution in [3.05, 3.63) is 24.0 Å². The molecule has 1 saturated heterocycles. The maximum atomic E-state index is 12.1. The van der Waals surface area contributed by atoms with Crippen LogP contribution in [0.3, 0.4) is 0 Å². The van der Waals surface area contributed by atoms with Gasteiger partial charge < -0.3 is 15.5 Å². The summed E-state index contributed by atoms with van der Waals surface area (Å²) in [5.41, 5.74) is 1.42. The van der Waals surface area contributed by atoms with E-state index in [9.17, 15) is 4.79 Å². The number of piperazine rings is 1. The first kappa shape index (κ1) is 10.9. The topological polar surface area (TPSA) is 57.3 Å². The molecule has 2 N–H and O–H groups in total. The van der Waals surface area contributed by atoms with Gasteiger partial charge in [-0.3, -0.25) is 9.78 Å². The second kappa shape index (κ2) is 4.94. The number of aromatic nitrogens is 1. The van der Waals surface area contributed by atoms with Crippen molar-refractivity contribution in [2.45, 2.75) is 0 Å². The normalized spacial score (nSPS) is 15.9. The number of carbonyl (C=O) groups excluding carboxylic acids is 1. The van der Waals surface area contributed by atoms with Gasteiger partial charge in [0.2, 0.25) is 0 Å². The number of pyridine rings is 1. The average Bonchev–Trinajstić information content (AvgIpc) is 2.39. The fraction of sp³-hybridized carbons (Fsp3) is 0.455. The van der Waals surface area contributed by atoms with Crippen LogP contribution < -0.4 is 10.6 Å². The number of amides is 1. The van der Waals surface area contributed by atoms with Crippen LogP contribution in [-0.4, -0.2) is 49.0 Å². The van der Waals surface area contributed by atoms with Gasteiger partial charge in [0.1, 0.15) is 5.69 Å². The SMILES string of the molecule is CNc1ccnc(C(=O)N2CCNCC2)c1. The van der Waals surface area contributed by atoms with Crippen LogP contribution in [0.2, 0.25) is 0 Å². The summed E-state index contributed by atoms with van der Waals surface area (Å²) in [4.78, 5) is 18.0. The fourth-order valence-electron chi connectivity index (χ4n) is 1.73. The predicted molar refractivity (Wildman–Crippen MR) is 62.6 cm³/mol. The minimum atomic E-state index is 0.0126. The zero-order valence-corrected chi connectivity index (χ0v) is 9.36. The fourth-order valence-corrected chi connectivity index (χ4v) is 1.73. The molecule has 1 fully saturated rings. The van der Waals surface area contributed by atoms with Crippen molar-refractivity contribution >= 4 is 11.6 Å². The second-order valence-electron chi connectivity index (χ2n) is 3.72.